The Bertz CT molecular complexity index is 593. The summed E-state index contributed by atoms with van der Waals surface area (Å²) in [5.74, 6) is 0.0420. The number of amides is 1. The molecule has 3 rings (SSSR count). The summed E-state index contributed by atoms with van der Waals surface area (Å²) < 4.78 is 0. The molecule has 1 fully saturated rings. The highest BCUT2D eigenvalue weighted by Gasteiger charge is 2.37. The Labute approximate surface area is 129 Å². The fraction of sp³-hybridized carbons (Fsp3) is 0.625. The standard InChI is InChI=1S/C16H21N3OS/c1-16(7-8-18-10-16)15(20)19-14-12(9-17)11-5-3-2-4-6-13(11)21-14/h18H,2-8,10H2,1H3,(H,19,20). The Morgan fingerprint density at radius 3 is 2.90 bits per heavy atom. The van der Waals surface area contributed by atoms with Gasteiger partial charge in [-0.1, -0.05) is 6.42 Å². The summed E-state index contributed by atoms with van der Waals surface area (Å²) in [6, 6.07) is 2.32. The lowest BCUT2D eigenvalue weighted by Gasteiger charge is -2.21. The number of nitriles is 1. The highest BCUT2D eigenvalue weighted by Crippen LogP contribution is 2.38. The number of carbonyl (C=O) groups excluding carboxylic acids is 1. The van der Waals surface area contributed by atoms with Crippen LogP contribution in [0.3, 0.4) is 0 Å². The predicted molar refractivity (Wildman–Crippen MR) is 84.5 cm³/mol. The van der Waals surface area contributed by atoms with Crippen LogP contribution in [0.5, 0.6) is 0 Å². The number of nitrogens with zero attached hydrogens (tertiary/aromatic N) is 1. The number of aryl methyl sites for hydroxylation is 1. The van der Waals surface area contributed by atoms with Crippen LogP contribution >= 0.6 is 11.3 Å². The first-order valence-electron chi connectivity index (χ1n) is 7.71. The highest BCUT2D eigenvalue weighted by atomic mass is 32.1. The Morgan fingerprint density at radius 1 is 1.38 bits per heavy atom. The Balaban J connectivity index is 1.86. The molecular weight excluding hydrogens is 282 g/mol. The van der Waals surface area contributed by atoms with Crippen LogP contribution in [0, 0.1) is 16.7 Å². The van der Waals surface area contributed by atoms with Gasteiger partial charge in [0.25, 0.3) is 0 Å². The topological polar surface area (TPSA) is 64.9 Å². The van der Waals surface area contributed by atoms with E-state index in [1.165, 1.54) is 23.3 Å². The molecule has 1 aliphatic carbocycles. The normalized spacial score (nSPS) is 25.0. The van der Waals surface area contributed by atoms with Crippen LogP contribution in [0.15, 0.2) is 0 Å². The molecule has 0 aromatic carbocycles. The van der Waals surface area contributed by atoms with Crippen LogP contribution in [0.1, 0.15) is 48.6 Å². The molecule has 1 aromatic heterocycles. The van der Waals surface area contributed by atoms with Gasteiger partial charge >= 0.3 is 0 Å². The van der Waals surface area contributed by atoms with Crippen molar-refractivity contribution >= 4 is 22.2 Å². The summed E-state index contributed by atoms with van der Waals surface area (Å²) in [5.41, 5.74) is 1.54. The molecule has 0 bridgehead atoms. The van der Waals surface area contributed by atoms with Crippen LogP contribution < -0.4 is 10.6 Å². The lowest BCUT2D eigenvalue weighted by Crippen LogP contribution is -2.35. The van der Waals surface area contributed by atoms with Crippen molar-refractivity contribution in [2.75, 3.05) is 18.4 Å². The molecule has 5 heteroatoms. The highest BCUT2D eigenvalue weighted by molar-refractivity contribution is 7.16. The van der Waals surface area contributed by atoms with Crippen molar-refractivity contribution in [3.8, 4) is 6.07 Å². The van der Waals surface area contributed by atoms with E-state index in [0.29, 0.717) is 12.1 Å². The number of thiophene rings is 1. The second-order valence-corrected chi connectivity index (χ2v) is 7.43. The molecule has 2 N–H and O–H groups in total. The maximum Gasteiger partial charge on any atom is 0.232 e. The van der Waals surface area contributed by atoms with Crippen molar-refractivity contribution in [3.05, 3.63) is 16.0 Å². The second-order valence-electron chi connectivity index (χ2n) is 6.32. The zero-order valence-corrected chi connectivity index (χ0v) is 13.2. The van der Waals surface area contributed by atoms with Crippen LogP contribution in [-0.4, -0.2) is 19.0 Å². The van der Waals surface area contributed by atoms with E-state index in [-0.39, 0.29) is 11.3 Å². The summed E-state index contributed by atoms with van der Waals surface area (Å²) >= 11 is 1.61. The van der Waals surface area contributed by atoms with Gasteiger partial charge in [-0.3, -0.25) is 4.79 Å². The molecule has 1 unspecified atom stereocenters. The zero-order valence-electron chi connectivity index (χ0n) is 12.4. The average molecular weight is 303 g/mol. The fourth-order valence-corrected chi connectivity index (χ4v) is 4.45. The van der Waals surface area contributed by atoms with Crippen molar-refractivity contribution < 1.29 is 4.79 Å². The Hall–Kier alpha value is -1.38. The van der Waals surface area contributed by atoms with Gasteiger partial charge in [0.1, 0.15) is 11.1 Å². The molecule has 2 aliphatic rings. The van der Waals surface area contributed by atoms with E-state index in [9.17, 15) is 10.1 Å². The molecule has 112 valence electrons. The lowest BCUT2D eigenvalue weighted by atomic mass is 9.89. The van der Waals surface area contributed by atoms with Gasteiger partial charge in [-0.05, 0) is 51.1 Å². The molecular formula is C16H21N3OS. The third-order valence-corrected chi connectivity index (χ3v) is 5.88. The molecule has 1 atom stereocenters. The number of carbonyl (C=O) groups is 1. The van der Waals surface area contributed by atoms with Crippen LogP contribution in [0.25, 0.3) is 0 Å². The molecule has 0 radical (unpaired) electrons. The van der Waals surface area contributed by atoms with Gasteiger partial charge in [0.2, 0.25) is 5.91 Å². The van der Waals surface area contributed by atoms with E-state index in [1.54, 1.807) is 11.3 Å². The van der Waals surface area contributed by atoms with Crippen molar-refractivity contribution in [3.63, 3.8) is 0 Å². The molecule has 2 heterocycles. The molecule has 4 nitrogen and oxygen atoms in total. The van der Waals surface area contributed by atoms with Crippen LogP contribution in [-0.2, 0) is 17.6 Å². The summed E-state index contributed by atoms with van der Waals surface area (Å²) in [6.45, 7) is 3.59. The molecule has 21 heavy (non-hydrogen) atoms. The summed E-state index contributed by atoms with van der Waals surface area (Å²) in [6.07, 6.45) is 6.44. The minimum Gasteiger partial charge on any atom is -0.316 e. The number of nitrogens with one attached hydrogen (secondary N) is 2. The van der Waals surface area contributed by atoms with Gasteiger partial charge < -0.3 is 10.6 Å². The van der Waals surface area contributed by atoms with E-state index in [4.69, 9.17) is 0 Å². The quantitative estimate of drug-likeness (QED) is 0.826. The average Bonchev–Trinajstić information content (AvgIpc) is 2.97. The van der Waals surface area contributed by atoms with Gasteiger partial charge in [-0.15, -0.1) is 11.3 Å². The zero-order chi connectivity index (χ0) is 14.9. The van der Waals surface area contributed by atoms with Gasteiger partial charge in [0, 0.05) is 11.4 Å². The number of hydrogen-bond acceptors (Lipinski definition) is 4. The lowest BCUT2D eigenvalue weighted by molar-refractivity contribution is -0.123. The minimum absolute atomic E-state index is 0.0420. The predicted octanol–water partition coefficient (Wildman–Crippen LogP) is 2.83. The molecule has 0 saturated carbocycles. The van der Waals surface area contributed by atoms with Crippen molar-refractivity contribution in [1.82, 2.24) is 5.32 Å². The largest absolute Gasteiger partial charge is 0.316 e. The van der Waals surface area contributed by atoms with Crippen LogP contribution in [0.2, 0.25) is 0 Å². The van der Waals surface area contributed by atoms with Crippen molar-refractivity contribution in [2.24, 2.45) is 5.41 Å². The fourth-order valence-electron chi connectivity index (χ4n) is 3.21. The van der Waals surface area contributed by atoms with Gasteiger partial charge in [-0.25, -0.2) is 0 Å². The minimum atomic E-state index is -0.353. The summed E-state index contributed by atoms with van der Waals surface area (Å²) in [7, 11) is 0. The first-order chi connectivity index (χ1) is 10.1. The van der Waals surface area contributed by atoms with Gasteiger partial charge in [-0.2, -0.15) is 5.26 Å². The van der Waals surface area contributed by atoms with Crippen molar-refractivity contribution in [2.45, 2.75) is 45.4 Å². The molecule has 1 amide bonds. The SMILES string of the molecule is CC1(C(=O)Nc2sc3c(c2C#N)CCCCC3)CCNC1. The monoisotopic (exact) mass is 303 g/mol. The molecule has 1 aromatic rings. The van der Waals surface area contributed by atoms with Crippen LogP contribution in [0.4, 0.5) is 5.00 Å². The second kappa shape index (κ2) is 5.78. The number of anilines is 1. The maximum absolute atomic E-state index is 12.5. The van der Waals surface area contributed by atoms with Gasteiger partial charge in [0.15, 0.2) is 0 Å². The van der Waals surface area contributed by atoms with E-state index in [2.05, 4.69) is 16.7 Å². The Morgan fingerprint density at radius 2 is 2.19 bits per heavy atom. The molecule has 0 spiro atoms. The summed E-state index contributed by atoms with van der Waals surface area (Å²) in [5, 5.41) is 16.5. The van der Waals surface area contributed by atoms with Crippen molar-refractivity contribution in [1.29, 1.82) is 5.26 Å². The summed E-state index contributed by atoms with van der Waals surface area (Å²) in [4.78, 5) is 13.8. The molecule has 1 saturated heterocycles. The number of fused-ring (bicyclic) bond motifs is 1. The van der Waals surface area contributed by atoms with E-state index >= 15 is 0 Å². The number of rotatable bonds is 2. The first kappa shape index (κ1) is 14.6. The van der Waals surface area contributed by atoms with E-state index < -0.39 is 0 Å². The third-order valence-electron chi connectivity index (χ3n) is 4.68. The maximum atomic E-state index is 12.5. The third kappa shape index (κ3) is 2.70. The van der Waals surface area contributed by atoms with E-state index in [0.717, 1.165) is 37.2 Å². The first-order valence-corrected chi connectivity index (χ1v) is 8.52. The number of hydrogen-bond donors (Lipinski definition) is 2. The molecule has 1 aliphatic heterocycles. The Kier molecular flexibility index (Phi) is 4.01. The van der Waals surface area contributed by atoms with Gasteiger partial charge in [0.05, 0.1) is 11.0 Å². The smallest absolute Gasteiger partial charge is 0.232 e. The van der Waals surface area contributed by atoms with E-state index in [1.807, 2.05) is 6.92 Å².